The Morgan fingerprint density at radius 3 is 2.00 bits per heavy atom. The first-order valence-electron chi connectivity index (χ1n) is 4.54. The Hall–Kier alpha value is -0.280. The lowest BCUT2D eigenvalue weighted by molar-refractivity contribution is 0.0666. The molecular weight excluding hydrogens is 186 g/mol. The van der Waals surface area contributed by atoms with Gasteiger partial charge in [0.25, 0.3) is 0 Å². The van der Waals surface area contributed by atoms with Gasteiger partial charge < -0.3 is 33.1 Å². The maximum absolute atomic E-state index is 9.19. The molecule has 11 N–H and O–H groups in total. The minimum Gasteiger partial charge on any atom is -0.377 e. The maximum Gasteiger partial charge on any atom is 0.118 e. The van der Waals surface area contributed by atoms with Crippen LogP contribution in [0.5, 0.6) is 0 Å². The zero-order valence-electron chi connectivity index (χ0n) is 8.13. The van der Waals surface area contributed by atoms with Crippen molar-refractivity contribution in [1.82, 2.24) is 5.32 Å². The number of hydrogen-bond donors (Lipinski definition) is 7. The highest BCUT2D eigenvalue weighted by molar-refractivity contribution is 4.79. The van der Waals surface area contributed by atoms with E-state index in [9.17, 15) is 5.11 Å². The maximum atomic E-state index is 9.19. The standard InChI is InChI=1S/C7H21N5O2/c8-2-4(10)1-5(7(11)14)12-6(13)3-9/h4-7,12-14H,1-3,8-11H2/t4?,5-,6?,7?/m0/s1. The Morgan fingerprint density at radius 2 is 1.64 bits per heavy atom. The molecule has 0 radical (unpaired) electrons. The Balaban J connectivity index is 4.02. The molecular formula is C7H21N5O2. The highest BCUT2D eigenvalue weighted by atomic mass is 16.3. The van der Waals surface area contributed by atoms with E-state index >= 15 is 0 Å². The van der Waals surface area contributed by atoms with E-state index in [1.807, 2.05) is 0 Å². The number of nitrogens with one attached hydrogen (secondary N) is 1. The predicted octanol–water partition coefficient (Wildman–Crippen LogP) is -3.83. The Kier molecular flexibility index (Phi) is 6.93. The molecule has 0 fully saturated rings. The van der Waals surface area contributed by atoms with Crippen LogP contribution in [0.15, 0.2) is 0 Å². The average Bonchev–Trinajstić information content (AvgIpc) is 2.16. The van der Waals surface area contributed by atoms with Crippen molar-refractivity contribution in [2.75, 3.05) is 13.1 Å². The summed E-state index contributed by atoms with van der Waals surface area (Å²) in [6, 6.07) is -0.775. The van der Waals surface area contributed by atoms with Gasteiger partial charge in [0.2, 0.25) is 0 Å². The number of hydrogen-bond acceptors (Lipinski definition) is 7. The third-order valence-corrected chi connectivity index (χ3v) is 1.90. The van der Waals surface area contributed by atoms with Crippen LogP contribution in [0, 0.1) is 0 Å². The van der Waals surface area contributed by atoms with Crippen LogP contribution >= 0.6 is 0 Å². The van der Waals surface area contributed by atoms with Crippen LogP contribution in [-0.4, -0.2) is 47.8 Å². The predicted molar refractivity (Wildman–Crippen MR) is 53.8 cm³/mol. The summed E-state index contributed by atoms with van der Waals surface area (Å²) < 4.78 is 0. The monoisotopic (exact) mass is 207 g/mol. The largest absolute Gasteiger partial charge is 0.377 e. The first-order chi connectivity index (χ1) is 6.51. The van der Waals surface area contributed by atoms with Gasteiger partial charge >= 0.3 is 0 Å². The zero-order valence-corrected chi connectivity index (χ0v) is 8.13. The quantitative estimate of drug-likeness (QED) is 0.211. The van der Waals surface area contributed by atoms with Crippen molar-refractivity contribution in [3.05, 3.63) is 0 Å². The molecule has 3 unspecified atom stereocenters. The molecule has 0 amide bonds. The van der Waals surface area contributed by atoms with E-state index in [2.05, 4.69) is 5.32 Å². The van der Waals surface area contributed by atoms with E-state index in [1.165, 1.54) is 0 Å². The molecule has 0 rings (SSSR count). The minimum atomic E-state index is -1.10. The van der Waals surface area contributed by atoms with Crippen LogP contribution in [0.25, 0.3) is 0 Å². The van der Waals surface area contributed by atoms with Crippen LogP contribution < -0.4 is 28.3 Å². The molecule has 4 atom stereocenters. The molecule has 0 saturated heterocycles. The molecule has 7 heteroatoms. The van der Waals surface area contributed by atoms with Crippen LogP contribution in [0.2, 0.25) is 0 Å². The van der Waals surface area contributed by atoms with Crippen molar-refractivity contribution in [2.45, 2.75) is 31.0 Å². The molecule has 0 spiro atoms. The first kappa shape index (κ1) is 13.7. The van der Waals surface area contributed by atoms with Crippen LogP contribution in [0.1, 0.15) is 6.42 Å². The fourth-order valence-electron chi connectivity index (χ4n) is 1.04. The van der Waals surface area contributed by atoms with Crippen LogP contribution in [-0.2, 0) is 0 Å². The third-order valence-electron chi connectivity index (χ3n) is 1.90. The normalized spacial score (nSPS) is 20.1. The number of rotatable bonds is 7. The van der Waals surface area contributed by atoms with Crippen molar-refractivity contribution < 1.29 is 10.2 Å². The Bertz CT molecular complexity index is 134. The molecule has 0 aromatic carbocycles. The van der Waals surface area contributed by atoms with E-state index in [0.717, 1.165) is 0 Å². The molecule has 0 aliphatic carbocycles. The molecule has 86 valence electrons. The van der Waals surface area contributed by atoms with E-state index in [4.69, 9.17) is 28.0 Å². The van der Waals surface area contributed by atoms with Gasteiger partial charge in [-0.15, -0.1) is 0 Å². The molecule has 0 aromatic rings. The van der Waals surface area contributed by atoms with E-state index in [-0.39, 0.29) is 12.6 Å². The van der Waals surface area contributed by atoms with Crippen molar-refractivity contribution in [3.63, 3.8) is 0 Å². The van der Waals surface area contributed by atoms with Gasteiger partial charge in [0.1, 0.15) is 12.5 Å². The third kappa shape index (κ3) is 5.45. The molecule has 0 aromatic heterocycles. The summed E-state index contributed by atoms with van der Waals surface area (Å²) in [5.74, 6) is 0. The number of aliphatic hydroxyl groups excluding tert-OH is 2. The van der Waals surface area contributed by atoms with E-state index in [1.54, 1.807) is 0 Å². The lowest BCUT2D eigenvalue weighted by Gasteiger charge is -2.26. The Morgan fingerprint density at radius 1 is 1.07 bits per heavy atom. The highest BCUT2D eigenvalue weighted by Gasteiger charge is 2.20. The second-order valence-electron chi connectivity index (χ2n) is 3.25. The van der Waals surface area contributed by atoms with Gasteiger partial charge in [0.05, 0.1) is 0 Å². The van der Waals surface area contributed by atoms with Crippen LogP contribution in [0.3, 0.4) is 0 Å². The summed E-state index contributed by atoms with van der Waals surface area (Å²) >= 11 is 0. The number of aliphatic hydroxyl groups is 2. The molecule has 0 saturated carbocycles. The fraction of sp³-hybridized carbons (Fsp3) is 1.00. The lowest BCUT2D eigenvalue weighted by Crippen LogP contribution is -2.54. The molecule has 14 heavy (non-hydrogen) atoms. The topological polar surface area (TPSA) is 157 Å². The summed E-state index contributed by atoms with van der Waals surface area (Å²) in [5, 5.41) is 21.0. The summed E-state index contributed by atoms with van der Waals surface area (Å²) in [6.45, 7) is 0.338. The van der Waals surface area contributed by atoms with Crippen molar-refractivity contribution in [3.8, 4) is 0 Å². The zero-order chi connectivity index (χ0) is 11.1. The van der Waals surface area contributed by atoms with Crippen LogP contribution in [0.4, 0.5) is 0 Å². The summed E-state index contributed by atoms with van der Waals surface area (Å²) in [5.41, 5.74) is 21.4. The van der Waals surface area contributed by atoms with Crippen molar-refractivity contribution in [1.29, 1.82) is 0 Å². The minimum absolute atomic E-state index is 0.0427. The SMILES string of the molecule is NCC(N)C[C@H](NC(O)CN)C(N)O. The average molecular weight is 207 g/mol. The summed E-state index contributed by atoms with van der Waals surface area (Å²) in [4.78, 5) is 0. The molecule has 0 bridgehead atoms. The molecule has 0 aliphatic rings. The lowest BCUT2D eigenvalue weighted by atomic mass is 10.1. The van der Waals surface area contributed by atoms with Gasteiger partial charge in [0.15, 0.2) is 0 Å². The van der Waals surface area contributed by atoms with E-state index in [0.29, 0.717) is 13.0 Å². The van der Waals surface area contributed by atoms with Gasteiger partial charge in [-0.25, -0.2) is 0 Å². The summed E-state index contributed by atoms with van der Waals surface area (Å²) in [6.07, 6.45) is -1.62. The molecule has 0 heterocycles. The highest BCUT2D eigenvalue weighted by Crippen LogP contribution is 1.98. The van der Waals surface area contributed by atoms with Crippen molar-refractivity contribution in [2.24, 2.45) is 22.9 Å². The second-order valence-corrected chi connectivity index (χ2v) is 3.25. The van der Waals surface area contributed by atoms with Crippen molar-refractivity contribution >= 4 is 0 Å². The number of nitrogens with two attached hydrogens (primary N) is 4. The summed E-state index contributed by atoms with van der Waals surface area (Å²) in [7, 11) is 0. The van der Waals surface area contributed by atoms with Gasteiger partial charge in [-0.1, -0.05) is 0 Å². The Labute approximate surface area is 83.4 Å². The van der Waals surface area contributed by atoms with E-state index < -0.39 is 18.5 Å². The van der Waals surface area contributed by atoms with Gasteiger partial charge in [0, 0.05) is 25.2 Å². The van der Waals surface area contributed by atoms with Gasteiger partial charge in [-0.3, -0.25) is 5.32 Å². The van der Waals surface area contributed by atoms with Gasteiger partial charge in [-0.2, -0.15) is 0 Å². The van der Waals surface area contributed by atoms with Gasteiger partial charge in [-0.05, 0) is 6.42 Å². The first-order valence-corrected chi connectivity index (χ1v) is 4.54. The molecule has 7 nitrogen and oxygen atoms in total. The fourth-order valence-corrected chi connectivity index (χ4v) is 1.04. The smallest absolute Gasteiger partial charge is 0.118 e. The molecule has 0 aliphatic heterocycles. The second kappa shape index (κ2) is 7.07.